The number of carbonyl (C=O) groups is 2. The molecule has 0 atom stereocenters. The summed E-state index contributed by atoms with van der Waals surface area (Å²) in [7, 11) is 1.78. The summed E-state index contributed by atoms with van der Waals surface area (Å²) in [6.45, 7) is 5.14. The molecule has 2 aromatic rings. The fraction of sp³-hybridized carbons (Fsp3) is 0.364. The van der Waals surface area contributed by atoms with E-state index >= 15 is 0 Å². The van der Waals surface area contributed by atoms with Crippen LogP contribution < -0.4 is 9.64 Å². The zero-order valence-corrected chi connectivity index (χ0v) is 16.4. The molecule has 1 aliphatic heterocycles. The van der Waals surface area contributed by atoms with Gasteiger partial charge in [-0.25, -0.2) is 0 Å². The highest BCUT2D eigenvalue weighted by Gasteiger charge is 2.17. The lowest BCUT2D eigenvalue weighted by Gasteiger charge is -2.31. The second kappa shape index (κ2) is 9.37. The number of nitrogens with zero attached hydrogens (tertiary/aromatic N) is 2. The quantitative estimate of drug-likeness (QED) is 0.689. The summed E-state index contributed by atoms with van der Waals surface area (Å²) in [6.07, 6.45) is 0. The van der Waals surface area contributed by atoms with E-state index in [9.17, 15) is 9.59 Å². The van der Waals surface area contributed by atoms with Gasteiger partial charge in [0.15, 0.2) is 12.4 Å². The van der Waals surface area contributed by atoms with Gasteiger partial charge >= 0.3 is 0 Å². The van der Waals surface area contributed by atoms with Crippen LogP contribution in [0.15, 0.2) is 48.5 Å². The molecule has 2 aromatic carbocycles. The number of benzene rings is 2. The molecule has 1 saturated heterocycles. The molecule has 6 nitrogen and oxygen atoms in total. The summed E-state index contributed by atoms with van der Waals surface area (Å²) >= 11 is 0. The van der Waals surface area contributed by atoms with Gasteiger partial charge in [-0.15, -0.1) is 0 Å². The van der Waals surface area contributed by atoms with Crippen LogP contribution in [0.2, 0.25) is 0 Å². The van der Waals surface area contributed by atoms with Gasteiger partial charge in [0.1, 0.15) is 5.75 Å². The van der Waals surface area contributed by atoms with Crippen LogP contribution in [0.25, 0.3) is 0 Å². The van der Waals surface area contributed by atoms with Crippen LogP contribution in [0, 0.1) is 0 Å². The van der Waals surface area contributed by atoms with Crippen molar-refractivity contribution in [1.82, 2.24) is 4.90 Å². The van der Waals surface area contributed by atoms with Crippen molar-refractivity contribution >= 4 is 17.4 Å². The molecule has 1 amide bonds. The van der Waals surface area contributed by atoms with Crippen LogP contribution in [0.5, 0.6) is 5.75 Å². The molecule has 1 heterocycles. The summed E-state index contributed by atoms with van der Waals surface area (Å²) < 4.78 is 11.0. The van der Waals surface area contributed by atoms with Gasteiger partial charge in [-0.2, -0.15) is 0 Å². The van der Waals surface area contributed by atoms with Crippen molar-refractivity contribution in [1.29, 1.82) is 0 Å². The molecule has 0 N–H and O–H groups in total. The summed E-state index contributed by atoms with van der Waals surface area (Å²) in [5.74, 6) is 0.467. The second-order valence-electron chi connectivity index (χ2n) is 6.85. The van der Waals surface area contributed by atoms with Crippen molar-refractivity contribution in [3.05, 3.63) is 59.7 Å². The van der Waals surface area contributed by atoms with Crippen LogP contribution in [0.4, 0.5) is 5.69 Å². The molecular weight excluding hydrogens is 356 g/mol. The van der Waals surface area contributed by atoms with Crippen LogP contribution in [-0.4, -0.2) is 56.5 Å². The number of likely N-dealkylation sites (N-methyl/N-ethyl adjacent to an activating group) is 1. The molecule has 0 unspecified atom stereocenters. The van der Waals surface area contributed by atoms with Gasteiger partial charge in [0.25, 0.3) is 5.91 Å². The Morgan fingerprint density at radius 2 is 1.75 bits per heavy atom. The molecule has 1 aliphatic rings. The first-order valence-electron chi connectivity index (χ1n) is 9.43. The summed E-state index contributed by atoms with van der Waals surface area (Å²) in [5, 5.41) is 0. The molecule has 0 saturated carbocycles. The Balaban J connectivity index is 1.57. The molecule has 1 fully saturated rings. The topological polar surface area (TPSA) is 59.1 Å². The third kappa shape index (κ3) is 5.10. The molecule has 0 aliphatic carbocycles. The number of para-hydroxylation sites is 1. The van der Waals surface area contributed by atoms with E-state index in [1.54, 1.807) is 36.2 Å². The molecule has 0 aromatic heterocycles. The molecular formula is C22H26N2O4. The van der Waals surface area contributed by atoms with Gasteiger partial charge in [0.05, 0.1) is 13.2 Å². The predicted molar refractivity (Wildman–Crippen MR) is 108 cm³/mol. The smallest absolute Gasteiger partial charge is 0.260 e. The van der Waals surface area contributed by atoms with Crippen molar-refractivity contribution in [2.75, 3.05) is 44.9 Å². The second-order valence-corrected chi connectivity index (χ2v) is 6.85. The normalized spacial score (nSPS) is 13.9. The lowest BCUT2D eigenvalue weighted by molar-refractivity contribution is -0.132. The van der Waals surface area contributed by atoms with Gasteiger partial charge in [0, 0.05) is 37.9 Å². The first-order valence-corrected chi connectivity index (χ1v) is 9.43. The average Bonchev–Trinajstić information content (AvgIpc) is 2.73. The maximum absolute atomic E-state index is 12.5. The van der Waals surface area contributed by atoms with Crippen molar-refractivity contribution in [2.24, 2.45) is 0 Å². The number of ether oxygens (including phenoxy) is 2. The Kier molecular flexibility index (Phi) is 6.66. The highest BCUT2D eigenvalue weighted by atomic mass is 16.5. The Bertz CT molecular complexity index is 814. The number of ketones is 1. The molecule has 0 bridgehead atoms. The van der Waals surface area contributed by atoms with Crippen LogP contribution in [-0.2, 0) is 16.1 Å². The minimum absolute atomic E-state index is 0.00120. The minimum atomic E-state index is -0.104. The fourth-order valence-corrected chi connectivity index (χ4v) is 3.14. The summed E-state index contributed by atoms with van der Waals surface area (Å²) in [6, 6.07) is 15.0. The first-order chi connectivity index (χ1) is 13.5. The van der Waals surface area contributed by atoms with Gasteiger partial charge in [0.2, 0.25) is 0 Å². The van der Waals surface area contributed by atoms with Crippen molar-refractivity contribution in [3.63, 3.8) is 0 Å². The third-order valence-corrected chi connectivity index (χ3v) is 4.80. The molecule has 6 heteroatoms. The first kappa shape index (κ1) is 19.9. The van der Waals surface area contributed by atoms with E-state index in [4.69, 9.17) is 9.47 Å². The molecule has 148 valence electrons. The number of morpholine rings is 1. The minimum Gasteiger partial charge on any atom is -0.484 e. The SMILES string of the molecule is CC(=O)c1ccc(OCC(=O)N(C)Cc2ccccc2N2CCOCC2)cc1. The Morgan fingerprint density at radius 3 is 2.43 bits per heavy atom. The zero-order valence-electron chi connectivity index (χ0n) is 16.4. The number of hydrogen-bond donors (Lipinski definition) is 0. The maximum atomic E-state index is 12.5. The molecule has 0 radical (unpaired) electrons. The van der Waals surface area contributed by atoms with Crippen molar-refractivity contribution in [2.45, 2.75) is 13.5 Å². The Labute approximate surface area is 165 Å². The highest BCUT2D eigenvalue weighted by Crippen LogP contribution is 2.23. The Hall–Kier alpha value is -2.86. The highest BCUT2D eigenvalue weighted by molar-refractivity contribution is 5.94. The average molecular weight is 382 g/mol. The maximum Gasteiger partial charge on any atom is 0.260 e. The van der Waals surface area contributed by atoms with E-state index < -0.39 is 0 Å². The van der Waals surface area contributed by atoms with Gasteiger partial charge < -0.3 is 19.3 Å². The van der Waals surface area contributed by atoms with E-state index in [-0.39, 0.29) is 18.3 Å². The third-order valence-electron chi connectivity index (χ3n) is 4.80. The largest absolute Gasteiger partial charge is 0.484 e. The lowest BCUT2D eigenvalue weighted by atomic mass is 10.1. The van der Waals surface area contributed by atoms with E-state index in [1.165, 1.54) is 6.92 Å². The number of amides is 1. The van der Waals surface area contributed by atoms with Gasteiger partial charge in [-0.05, 0) is 42.8 Å². The predicted octanol–water partition coefficient (Wildman–Crippen LogP) is 2.76. The monoisotopic (exact) mass is 382 g/mol. The number of rotatable bonds is 7. The van der Waals surface area contributed by atoms with E-state index in [1.807, 2.05) is 12.1 Å². The number of Topliss-reactive ketones (excluding diaryl/α,β-unsaturated/α-hetero) is 1. The molecule has 3 rings (SSSR count). The summed E-state index contributed by atoms with van der Waals surface area (Å²) in [4.78, 5) is 27.8. The lowest BCUT2D eigenvalue weighted by Crippen LogP contribution is -2.37. The van der Waals surface area contributed by atoms with Gasteiger partial charge in [-0.1, -0.05) is 18.2 Å². The number of anilines is 1. The zero-order chi connectivity index (χ0) is 19.9. The van der Waals surface area contributed by atoms with Gasteiger partial charge in [-0.3, -0.25) is 9.59 Å². The van der Waals surface area contributed by atoms with Crippen molar-refractivity contribution < 1.29 is 19.1 Å². The standard InChI is InChI=1S/C22H26N2O4/c1-17(25)18-7-9-20(10-8-18)28-16-22(26)23(2)15-19-5-3-4-6-21(19)24-11-13-27-14-12-24/h3-10H,11-16H2,1-2H3. The number of carbonyl (C=O) groups excluding carboxylic acids is 2. The fourth-order valence-electron chi connectivity index (χ4n) is 3.14. The summed E-state index contributed by atoms with van der Waals surface area (Å²) in [5.41, 5.74) is 2.87. The van der Waals surface area contributed by atoms with E-state index in [0.29, 0.717) is 17.9 Å². The molecule has 0 spiro atoms. The van der Waals surface area contributed by atoms with E-state index in [2.05, 4.69) is 17.0 Å². The van der Waals surface area contributed by atoms with Crippen LogP contribution in [0.1, 0.15) is 22.8 Å². The van der Waals surface area contributed by atoms with Crippen molar-refractivity contribution in [3.8, 4) is 5.75 Å². The van der Waals surface area contributed by atoms with Crippen LogP contribution in [0.3, 0.4) is 0 Å². The van der Waals surface area contributed by atoms with E-state index in [0.717, 1.165) is 37.6 Å². The van der Waals surface area contributed by atoms with Crippen LogP contribution >= 0.6 is 0 Å². The Morgan fingerprint density at radius 1 is 1.07 bits per heavy atom. The molecule has 28 heavy (non-hydrogen) atoms. The number of hydrogen-bond acceptors (Lipinski definition) is 5.